The summed E-state index contributed by atoms with van der Waals surface area (Å²) in [7, 11) is 0. The summed E-state index contributed by atoms with van der Waals surface area (Å²) in [6, 6.07) is 0.432. The summed E-state index contributed by atoms with van der Waals surface area (Å²) < 4.78 is 70.8. The topological polar surface area (TPSA) is 162 Å². The minimum absolute atomic E-state index is 0.0102. The number of rotatable bonds is 9. The van der Waals surface area contributed by atoms with Crippen LogP contribution in [0.1, 0.15) is 98.0 Å². The van der Waals surface area contributed by atoms with Crippen molar-refractivity contribution in [2.75, 3.05) is 0 Å². The van der Waals surface area contributed by atoms with Crippen molar-refractivity contribution in [1.29, 1.82) is 0 Å². The molecule has 3 heterocycles. The molecule has 0 unspecified atom stereocenters. The van der Waals surface area contributed by atoms with E-state index in [2.05, 4.69) is 30.5 Å². The summed E-state index contributed by atoms with van der Waals surface area (Å²) in [6.07, 6.45) is -6.50. The Labute approximate surface area is 229 Å². The summed E-state index contributed by atoms with van der Waals surface area (Å²) in [5.74, 6) is -5.51. The quantitative estimate of drug-likeness (QED) is 0.195. The van der Waals surface area contributed by atoms with Gasteiger partial charge in [-0.3, -0.25) is 14.2 Å². The number of halogens is 5. The Bertz CT molecular complexity index is 1400. The van der Waals surface area contributed by atoms with Crippen LogP contribution in [0.5, 0.6) is 0 Å². The van der Waals surface area contributed by atoms with Crippen LogP contribution in [0.25, 0.3) is 5.65 Å². The Kier molecular flexibility index (Phi) is 8.46. The molecule has 0 aliphatic heterocycles. The first-order valence-electron chi connectivity index (χ1n) is 12.8. The third kappa shape index (κ3) is 7.25. The zero-order valence-corrected chi connectivity index (χ0v) is 22.0. The van der Waals surface area contributed by atoms with Crippen molar-refractivity contribution in [3.05, 3.63) is 46.3 Å². The number of aliphatic hydroxyl groups is 1. The summed E-state index contributed by atoms with van der Waals surface area (Å²) in [6.45, 7) is 3.33. The maximum atomic E-state index is 13.9. The zero-order chi connectivity index (χ0) is 30.1. The maximum absolute atomic E-state index is 13.9. The summed E-state index contributed by atoms with van der Waals surface area (Å²) >= 11 is 0. The Hall–Kier alpha value is -3.89. The molecule has 0 bridgehead atoms. The molecule has 2 atom stereocenters. The lowest BCUT2D eigenvalue weighted by Gasteiger charge is -2.33. The van der Waals surface area contributed by atoms with E-state index in [1.165, 1.54) is 23.0 Å². The number of nitrogens with one attached hydrogen (secondary N) is 2. The Morgan fingerprint density at radius 1 is 1.27 bits per heavy atom. The molecule has 0 radical (unpaired) electrons. The minimum atomic E-state index is -4.53. The normalized spacial score (nSPS) is 17.5. The molecule has 41 heavy (non-hydrogen) atoms. The van der Waals surface area contributed by atoms with Gasteiger partial charge in [-0.15, -0.1) is 0 Å². The SMILES string of the molecule is CC(C)c1c(C(=O)N[C@H](c2cn3ncc([C@@H](O)NC(=O)CCC(F)(F)F)cc3n2)C2CCC(F)(F)CC2)no[n+]1[O-]. The number of amides is 2. The molecule has 0 saturated heterocycles. The molecule has 1 aliphatic rings. The van der Waals surface area contributed by atoms with Crippen LogP contribution in [0.3, 0.4) is 0 Å². The van der Waals surface area contributed by atoms with Crippen LogP contribution < -0.4 is 15.5 Å². The highest BCUT2D eigenvalue weighted by atomic mass is 19.4. The third-order valence-electron chi connectivity index (χ3n) is 6.85. The number of aliphatic hydroxyl groups excluding tert-OH is 1. The molecule has 3 N–H and O–H groups in total. The van der Waals surface area contributed by atoms with Gasteiger partial charge in [0.1, 0.15) is 0 Å². The average molecular weight is 590 g/mol. The van der Waals surface area contributed by atoms with Crippen LogP contribution in [0.4, 0.5) is 22.0 Å². The first-order valence-corrected chi connectivity index (χ1v) is 12.8. The lowest BCUT2D eigenvalue weighted by Crippen LogP contribution is -2.38. The van der Waals surface area contributed by atoms with Crippen molar-refractivity contribution < 1.29 is 46.2 Å². The molecule has 0 aromatic carbocycles. The van der Waals surface area contributed by atoms with Crippen LogP contribution >= 0.6 is 0 Å². The van der Waals surface area contributed by atoms with Gasteiger partial charge >= 0.3 is 17.8 Å². The molecule has 224 valence electrons. The minimum Gasteiger partial charge on any atom is -0.369 e. The Morgan fingerprint density at radius 2 is 1.95 bits per heavy atom. The Balaban J connectivity index is 1.58. The second-order valence-electron chi connectivity index (χ2n) is 10.3. The highest BCUT2D eigenvalue weighted by Gasteiger charge is 2.40. The van der Waals surface area contributed by atoms with E-state index in [4.69, 9.17) is 0 Å². The second-order valence-corrected chi connectivity index (χ2v) is 10.3. The number of carbonyl (C=O) groups is 2. The van der Waals surface area contributed by atoms with E-state index in [0.717, 1.165) is 0 Å². The summed E-state index contributed by atoms with van der Waals surface area (Å²) in [4.78, 5) is 29.5. The van der Waals surface area contributed by atoms with Crippen LogP contribution in [0.2, 0.25) is 0 Å². The maximum Gasteiger partial charge on any atom is 0.389 e. The molecule has 17 heteroatoms. The van der Waals surface area contributed by atoms with Crippen molar-refractivity contribution in [3.8, 4) is 0 Å². The Morgan fingerprint density at radius 3 is 2.59 bits per heavy atom. The lowest BCUT2D eigenvalue weighted by molar-refractivity contribution is -0.808. The number of nitrogens with zero attached hydrogens (tertiary/aromatic N) is 5. The number of aromatic nitrogens is 5. The largest absolute Gasteiger partial charge is 0.389 e. The van der Waals surface area contributed by atoms with Crippen molar-refractivity contribution in [3.63, 3.8) is 0 Å². The molecule has 0 spiro atoms. The summed E-state index contributed by atoms with van der Waals surface area (Å²) in [5, 5.41) is 34.7. The predicted octanol–water partition coefficient (Wildman–Crippen LogP) is 3.22. The van der Waals surface area contributed by atoms with Gasteiger partial charge < -0.3 is 20.9 Å². The molecular weight excluding hydrogens is 561 g/mol. The van der Waals surface area contributed by atoms with Crippen LogP contribution in [0.15, 0.2) is 23.1 Å². The van der Waals surface area contributed by atoms with Gasteiger partial charge in [0.05, 0.1) is 35.7 Å². The second kappa shape index (κ2) is 11.5. The van der Waals surface area contributed by atoms with Gasteiger partial charge in [0.15, 0.2) is 11.9 Å². The number of carbonyl (C=O) groups excluding carboxylic acids is 2. The predicted molar refractivity (Wildman–Crippen MR) is 128 cm³/mol. The van der Waals surface area contributed by atoms with Gasteiger partial charge in [0.2, 0.25) is 17.5 Å². The van der Waals surface area contributed by atoms with Gasteiger partial charge in [-0.1, -0.05) is 13.8 Å². The molecule has 12 nitrogen and oxygen atoms in total. The molecule has 1 saturated carbocycles. The van der Waals surface area contributed by atoms with E-state index in [9.17, 15) is 41.9 Å². The van der Waals surface area contributed by atoms with Crippen molar-refractivity contribution >= 4 is 17.5 Å². The summed E-state index contributed by atoms with van der Waals surface area (Å²) in [5.41, 5.74) is 0.144. The van der Waals surface area contributed by atoms with E-state index in [-0.39, 0.29) is 46.0 Å². The average Bonchev–Trinajstić information content (AvgIpc) is 3.48. The van der Waals surface area contributed by atoms with Gasteiger partial charge in [0, 0.05) is 30.7 Å². The van der Waals surface area contributed by atoms with Crippen LogP contribution in [0, 0.1) is 11.1 Å². The number of hydrogen-bond acceptors (Lipinski definition) is 8. The zero-order valence-electron chi connectivity index (χ0n) is 22.0. The molecule has 1 aliphatic carbocycles. The molecular formula is C24H28F5N7O5. The van der Waals surface area contributed by atoms with E-state index in [0.29, 0.717) is 0 Å². The number of imidazole rings is 1. The van der Waals surface area contributed by atoms with Crippen molar-refractivity contribution in [2.45, 2.75) is 82.7 Å². The van der Waals surface area contributed by atoms with Gasteiger partial charge in [0.25, 0.3) is 0 Å². The first-order chi connectivity index (χ1) is 19.1. The van der Waals surface area contributed by atoms with Crippen molar-refractivity contribution in [2.24, 2.45) is 5.92 Å². The number of alkyl halides is 5. The van der Waals surface area contributed by atoms with Gasteiger partial charge in [-0.25, -0.2) is 18.3 Å². The van der Waals surface area contributed by atoms with E-state index < -0.39 is 73.7 Å². The molecule has 4 rings (SSSR count). The van der Waals surface area contributed by atoms with Crippen molar-refractivity contribution in [1.82, 2.24) is 30.4 Å². The fourth-order valence-electron chi connectivity index (χ4n) is 4.71. The third-order valence-corrected chi connectivity index (χ3v) is 6.85. The monoisotopic (exact) mass is 589 g/mol. The van der Waals surface area contributed by atoms with Gasteiger partial charge in [-0.2, -0.15) is 18.3 Å². The lowest BCUT2D eigenvalue weighted by atomic mass is 9.81. The van der Waals surface area contributed by atoms with Crippen LogP contribution in [-0.2, 0) is 4.79 Å². The molecule has 1 fully saturated rings. The fourth-order valence-corrected chi connectivity index (χ4v) is 4.71. The van der Waals surface area contributed by atoms with Crippen LogP contribution in [-0.4, -0.2) is 48.8 Å². The highest BCUT2D eigenvalue weighted by molar-refractivity contribution is 5.93. The number of fused-ring (bicyclic) bond motifs is 1. The smallest absolute Gasteiger partial charge is 0.369 e. The van der Waals surface area contributed by atoms with E-state index >= 15 is 0 Å². The molecule has 3 aromatic heterocycles. The highest BCUT2D eigenvalue weighted by Crippen LogP contribution is 2.41. The number of hydrogen-bond donors (Lipinski definition) is 3. The van der Waals surface area contributed by atoms with E-state index in [1.54, 1.807) is 13.8 Å². The molecule has 3 aromatic rings. The molecule has 2 amide bonds. The standard InChI is InChI=1S/C24H28F5N7O5/c1-12(2)20-19(34-41-36(20)40)22(39)33-18(13-3-6-23(25,26)7-4-13)15-11-35-16(31-15)9-14(10-30-35)21(38)32-17(37)5-8-24(27,28)29/h9-13,18,21,38H,3-8H2,1-2H3,(H,32,37)(H,33,39)/t18-,21+/m0/s1. The van der Waals surface area contributed by atoms with E-state index in [1.807, 2.05) is 0 Å². The fraction of sp³-hybridized carbons (Fsp3) is 0.583. The first kappa shape index (κ1) is 30.1. The van der Waals surface area contributed by atoms with Gasteiger partial charge in [-0.05, 0) is 29.7 Å².